The average molecular weight is 651 g/mol. The summed E-state index contributed by atoms with van der Waals surface area (Å²) in [5, 5.41) is 9.55. The Hall–Kier alpha value is -5.68. The number of carboxylic acids is 1. The van der Waals surface area contributed by atoms with Gasteiger partial charge in [-0.3, -0.25) is 9.36 Å². The van der Waals surface area contributed by atoms with Crippen molar-refractivity contribution in [3.63, 3.8) is 0 Å². The number of methoxy groups -OCH3 is 2. The first-order valence-corrected chi connectivity index (χ1v) is 15.5. The lowest BCUT2D eigenvalue weighted by Crippen LogP contribution is -2.40. The minimum Gasteiger partial charge on any atom is -0.493 e. The summed E-state index contributed by atoms with van der Waals surface area (Å²) in [5.74, 6) is 0.146. The summed E-state index contributed by atoms with van der Waals surface area (Å²) in [7, 11) is 3.05. The van der Waals surface area contributed by atoms with E-state index in [1.54, 1.807) is 62.4 Å². The molecule has 0 fully saturated rings. The number of rotatable bonds is 9. The van der Waals surface area contributed by atoms with Crippen molar-refractivity contribution in [3.8, 4) is 22.8 Å². The number of carboxylic acid groups (broad SMARTS) is 1. The van der Waals surface area contributed by atoms with E-state index in [1.807, 2.05) is 30.3 Å². The van der Waals surface area contributed by atoms with E-state index in [2.05, 4.69) is 0 Å². The van der Waals surface area contributed by atoms with Gasteiger partial charge in [0, 0.05) is 17.2 Å². The van der Waals surface area contributed by atoms with Gasteiger partial charge in [0.25, 0.3) is 5.56 Å². The molecule has 0 aliphatic carbocycles. The minimum atomic E-state index is -1.03. The SMILES string of the molecule is CCOC(=O)C1=C(c2ccccc2)N=c2s/c(=C\c3ccc(-c4cccc(C(=O)O)c4C)o3)c(=O)n2[C@@H]1c1ccc(OC)c(OC)c1. The normalized spacial score (nSPS) is 14.4. The predicted molar refractivity (Wildman–Crippen MR) is 176 cm³/mol. The van der Waals surface area contributed by atoms with Gasteiger partial charge in [0.1, 0.15) is 11.5 Å². The molecule has 0 saturated carbocycles. The monoisotopic (exact) mass is 650 g/mol. The Morgan fingerprint density at radius 3 is 2.47 bits per heavy atom. The minimum absolute atomic E-state index is 0.128. The summed E-state index contributed by atoms with van der Waals surface area (Å²) >= 11 is 1.16. The standard InChI is InChI=1S/C36H30N2O8S/c1-5-45-35(42)30-31(21-10-7-6-8-11-21)37-36-38(32(30)22-14-16-27(43-3)28(18-22)44-4)33(39)29(47-36)19-23-15-17-26(46-23)24-12-9-13-25(20(24)2)34(40)41/h6-19,32H,5H2,1-4H3,(H,40,41)/b29-19-/t32-/m1/s1. The molecular formula is C36H30N2O8S. The molecule has 0 amide bonds. The summed E-state index contributed by atoms with van der Waals surface area (Å²) < 4.78 is 24.5. The van der Waals surface area contributed by atoms with Crippen molar-refractivity contribution in [3.05, 3.63) is 132 Å². The Kier molecular flexibility index (Phi) is 8.64. The summed E-state index contributed by atoms with van der Waals surface area (Å²) in [6.45, 7) is 3.57. The number of hydrogen-bond donors (Lipinski definition) is 1. The molecule has 6 rings (SSSR count). The molecule has 1 aliphatic rings. The van der Waals surface area contributed by atoms with Gasteiger partial charge in [-0.05, 0) is 55.3 Å². The predicted octanol–water partition coefficient (Wildman–Crippen LogP) is 5.22. The van der Waals surface area contributed by atoms with E-state index in [-0.39, 0.29) is 23.3 Å². The first-order valence-electron chi connectivity index (χ1n) is 14.7. The number of thiazole rings is 1. The third-order valence-corrected chi connectivity index (χ3v) is 8.81. The molecule has 1 aliphatic heterocycles. The van der Waals surface area contributed by atoms with Gasteiger partial charge in [-0.1, -0.05) is 59.9 Å². The van der Waals surface area contributed by atoms with Crippen LogP contribution in [0.2, 0.25) is 0 Å². The molecule has 47 heavy (non-hydrogen) atoms. The van der Waals surface area contributed by atoms with Gasteiger partial charge in [-0.15, -0.1) is 0 Å². The Labute approximate surface area is 273 Å². The van der Waals surface area contributed by atoms with Crippen LogP contribution in [0.3, 0.4) is 0 Å². The molecule has 5 aromatic rings. The second-order valence-corrected chi connectivity index (χ2v) is 11.5. The topological polar surface area (TPSA) is 130 Å². The highest BCUT2D eigenvalue weighted by atomic mass is 32.1. The summed E-state index contributed by atoms with van der Waals surface area (Å²) in [6.07, 6.45) is 1.62. The van der Waals surface area contributed by atoms with Gasteiger partial charge < -0.3 is 23.7 Å². The number of benzene rings is 3. The number of carbonyl (C=O) groups is 2. The van der Waals surface area contributed by atoms with Crippen molar-refractivity contribution in [2.45, 2.75) is 19.9 Å². The molecule has 0 spiro atoms. The van der Waals surface area contributed by atoms with Crippen LogP contribution in [0.5, 0.6) is 11.5 Å². The largest absolute Gasteiger partial charge is 0.493 e. The highest BCUT2D eigenvalue weighted by molar-refractivity contribution is 7.07. The first-order chi connectivity index (χ1) is 22.7. The van der Waals surface area contributed by atoms with Crippen molar-refractivity contribution in [1.29, 1.82) is 0 Å². The Morgan fingerprint density at radius 1 is 1.00 bits per heavy atom. The fourth-order valence-corrected chi connectivity index (χ4v) is 6.60. The molecule has 1 N–H and O–H groups in total. The number of ether oxygens (including phenoxy) is 3. The van der Waals surface area contributed by atoms with Crippen LogP contribution in [0.25, 0.3) is 23.1 Å². The van der Waals surface area contributed by atoms with Crippen LogP contribution >= 0.6 is 11.3 Å². The lowest BCUT2D eigenvalue weighted by molar-refractivity contribution is -0.138. The number of carbonyl (C=O) groups excluding carboxylic acids is 1. The molecule has 1 atom stereocenters. The van der Waals surface area contributed by atoms with E-state index in [0.717, 1.165) is 11.3 Å². The van der Waals surface area contributed by atoms with Gasteiger partial charge in [0.05, 0.1) is 48.2 Å². The Bertz CT molecular complexity index is 2230. The zero-order valence-electron chi connectivity index (χ0n) is 26.0. The lowest BCUT2D eigenvalue weighted by Gasteiger charge is -2.26. The second-order valence-electron chi connectivity index (χ2n) is 10.5. The number of aromatic carboxylic acids is 1. The molecule has 11 heteroatoms. The number of aromatic nitrogens is 1. The molecule has 0 saturated heterocycles. The van der Waals surface area contributed by atoms with Crippen molar-refractivity contribution in [2.75, 3.05) is 20.8 Å². The van der Waals surface area contributed by atoms with E-state index < -0.39 is 18.0 Å². The zero-order chi connectivity index (χ0) is 33.2. The average Bonchev–Trinajstić information content (AvgIpc) is 3.67. The third-order valence-electron chi connectivity index (χ3n) is 7.83. The number of fused-ring (bicyclic) bond motifs is 1. The number of nitrogens with zero attached hydrogens (tertiary/aromatic N) is 2. The second kappa shape index (κ2) is 13.0. The van der Waals surface area contributed by atoms with Gasteiger partial charge >= 0.3 is 11.9 Å². The maximum Gasteiger partial charge on any atom is 0.338 e. The van der Waals surface area contributed by atoms with Crippen LogP contribution in [0.1, 0.15) is 45.8 Å². The quantitative estimate of drug-likeness (QED) is 0.215. The van der Waals surface area contributed by atoms with E-state index in [4.69, 9.17) is 23.6 Å². The molecule has 2 aromatic heterocycles. The fraction of sp³-hybridized carbons (Fsp3) is 0.167. The number of furan rings is 1. The van der Waals surface area contributed by atoms with Crippen LogP contribution in [-0.4, -0.2) is 42.4 Å². The number of hydrogen-bond acceptors (Lipinski definition) is 9. The Morgan fingerprint density at radius 2 is 1.77 bits per heavy atom. The highest BCUT2D eigenvalue weighted by Gasteiger charge is 2.35. The summed E-state index contributed by atoms with van der Waals surface area (Å²) in [4.78, 5) is 44.9. The van der Waals surface area contributed by atoms with E-state index in [1.165, 1.54) is 24.9 Å². The fourth-order valence-electron chi connectivity index (χ4n) is 5.62. The molecule has 3 aromatic carbocycles. The van der Waals surface area contributed by atoms with Crippen LogP contribution in [0.4, 0.5) is 0 Å². The summed E-state index contributed by atoms with van der Waals surface area (Å²) in [5.41, 5.74) is 2.87. The van der Waals surface area contributed by atoms with Crippen LogP contribution in [-0.2, 0) is 9.53 Å². The molecule has 3 heterocycles. The van der Waals surface area contributed by atoms with Crippen molar-refractivity contribution >= 4 is 35.0 Å². The first kappa shape index (κ1) is 31.3. The zero-order valence-corrected chi connectivity index (χ0v) is 26.8. The van der Waals surface area contributed by atoms with Gasteiger partial charge in [-0.2, -0.15) is 0 Å². The highest BCUT2D eigenvalue weighted by Crippen LogP contribution is 2.38. The van der Waals surface area contributed by atoms with E-state index >= 15 is 0 Å². The maximum absolute atomic E-state index is 14.2. The van der Waals surface area contributed by atoms with Gasteiger partial charge in [-0.25, -0.2) is 14.6 Å². The van der Waals surface area contributed by atoms with Crippen LogP contribution in [0, 0.1) is 6.92 Å². The molecule has 0 unspecified atom stereocenters. The molecule has 0 bridgehead atoms. The van der Waals surface area contributed by atoms with Crippen molar-refractivity contribution in [1.82, 2.24) is 4.57 Å². The molecular weight excluding hydrogens is 620 g/mol. The maximum atomic E-state index is 14.2. The summed E-state index contributed by atoms with van der Waals surface area (Å²) in [6, 6.07) is 22.0. The molecule has 238 valence electrons. The van der Waals surface area contributed by atoms with Gasteiger partial charge in [0.15, 0.2) is 16.3 Å². The van der Waals surface area contributed by atoms with Gasteiger partial charge in [0.2, 0.25) is 0 Å². The van der Waals surface area contributed by atoms with E-state index in [0.29, 0.717) is 60.3 Å². The van der Waals surface area contributed by atoms with Crippen molar-refractivity contribution < 1.29 is 33.3 Å². The smallest absolute Gasteiger partial charge is 0.338 e. The molecule has 0 radical (unpaired) electrons. The van der Waals surface area contributed by atoms with Crippen LogP contribution < -0.4 is 24.4 Å². The number of esters is 1. The third kappa shape index (κ3) is 5.77. The van der Waals surface area contributed by atoms with Crippen LogP contribution in [0.15, 0.2) is 98.6 Å². The van der Waals surface area contributed by atoms with E-state index in [9.17, 15) is 19.5 Å². The lowest BCUT2D eigenvalue weighted by atomic mass is 9.93. The molecule has 10 nitrogen and oxygen atoms in total. The van der Waals surface area contributed by atoms with Crippen molar-refractivity contribution in [2.24, 2.45) is 4.99 Å². The Balaban J connectivity index is 1.57.